The number of hydrogen-bond acceptors (Lipinski definition) is 3. The Labute approximate surface area is 121 Å². The molecule has 1 unspecified atom stereocenters. The molecule has 1 N–H and O–H groups in total. The van der Waals surface area contributed by atoms with Gasteiger partial charge >= 0.3 is 0 Å². The van der Waals surface area contributed by atoms with Crippen LogP contribution in [0.4, 0.5) is 5.69 Å². The summed E-state index contributed by atoms with van der Waals surface area (Å²) in [6.45, 7) is 5.98. The Balaban J connectivity index is 2.02. The van der Waals surface area contributed by atoms with Gasteiger partial charge in [0.05, 0.1) is 12.2 Å². The normalized spacial score (nSPS) is 20.1. The van der Waals surface area contributed by atoms with Crippen LogP contribution >= 0.6 is 0 Å². The van der Waals surface area contributed by atoms with Crippen molar-refractivity contribution < 1.29 is 4.79 Å². The lowest BCUT2D eigenvalue weighted by atomic mass is 9.89. The summed E-state index contributed by atoms with van der Waals surface area (Å²) in [5.41, 5.74) is 1.99. The first-order valence-electron chi connectivity index (χ1n) is 7.50. The van der Waals surface area contributed by atoms with Gasteiger partial charge in [-0.15, -0.1) is 0 Å². The summed E-state index contributed by atoms with van der Waals surface area (Å²) in [6, 6.07) is 3.95. The van der Waals surface area contributed by atoms with E-state index < -0.39 is 0 Å². The van der Waals surface area contributed by atoms with E-state index in [-0.39, 0.29) is 5.91 Å². The Kier molecular flexibility index (Phi) is 4.99. The van der Waals surface area contributed by atoms with Gasteiger partial charge in [-0.05, 0) is 36.8 Å². The minimum atomic E-state index is 0.268. The summed E-state index contributed by atoms with van der Waals surface area (Å²) in [5, 5.41) is 3.11. The van der Waals surface area contributed by atoms with Crippen LogP contribution in [0.3, 0.4) is 0 Å². The number of carbonyl (C=O) groups is 1. The maximum absolute atomic E-state index is 12.2. The van der Waals surface area contributed by atoms with Crippen LogP contribution in [0.2, 0.25) is 0 Å². The van der Waals surface area contributed by atoms with Gasteiger partial charge in [-0.3, -0.25) is 9.78 Å². The SMILES string of the molecule is CNc1ccnc(CN2CCC(C(C)C)CCC2=O)c1. The standard InChI is InChI=1S/C16H25N3O/c1-12(2)13-4-5-16(20)19(9-7-13)11-15-10-14(17-3)6-8-18-15/h6,8,10,12-13H,4-5,7,9,11H2,1-3H3,(H,17,18). The third-order valence-electron chi connectivity index (χ3n) is 4.25. The highest BCUT2D eigenvalue weighted by Gasteiger charge is 2.24. The maximum atomic E-state index is 12.2. The van der Waals surface area contributed by atoms with Crippen molar-refractivity contribution in [1.29, 1.82) is 0 Å². The number of nitrogens with zero attached hydrogens (tertiary/aromatic N) is 2. The summed E-state index contributed by atoms with van der Waals surface area (Å²) in [6.07, 6.45) is 4.60. The summed E-state index contributed by atoms with van der Waals surface area (Å²) in [7, 11) is 1.89. The molecular weight excluding hydrogens is 250 g/mol. The van der Waals surface area contributed by atoms with E-state index in [1.807, 2.05) is 24.1 Å². The smallest absolute Gasteiger partial charge is 0.222 e. The fourth-order valence-corrected chi connectivity index (χ4v) is 2.81. The molecule has 0 saturated carbocycles. The number of carbonyl (C=O) groups excluding carboxylic acids is 1. The molecule has 0 aromatic carbocycles. The van der Waals surface area contributed by atoms with Gasteiger partial charge in [0, 0.05) is 31.9 Å². The van der Waals surface area contributed by atoms with Crippen LogP contribution in [0.15, 0.2) is 18.3 Å². The Bertz CT molecular complexity index is 459. The first-order chi connectivity index (χ1) is 9.60. The third-order valence-corrected chi connectivity index (χ3v) is 4.25. The predicted octanol–water partition coefficient (Wildman–Crippen LogP) is 2.91. The lowest BCUT2D eigenvalue weighted by Crippen LogP contribution is -2.30. The molecule has 0 aliphatic carbocycles. The molecule has 2 heterocycles. The largest absolute Gasteiger partial charge is 0.388 e. The van der Waals surface area contributed by atoms with Crippen molar-refractivity contribution in [3.63, 3.8) is 0 Å². The molecule has 0 bridgehead atoms. The fourth-order valence-electron chi connectivity index (χ4n) is 2.81. The number of aromatic nitrogens is 1. The van der Waals surface area contributed by atoms with E-state index in [2.05, 4.69) is 24.1 Å². The van der Waals surface area contributed by atoms with E-state index in [0.29, 0.717) is 24.8 Å². The van der Waals surface area contributed by atoms with Gasteiger partial charge in [-0.1, -0.05) is 13.8 Å². The second-order valence-electron chi connectivity index (χ2n) is 5.93. The third kappa shape index (κ3) is 3.71. The minimum absolute atomic E-state index is 0.268. The molecule has 1 aromatic rings. The van der Waals surface area contributed by atoms with Gasteiger partial charge in [0.1, 0.15) is 0 Å². The number of amides is 1. The number of likely N-dealkylation sites (tertiary alicyclic amines) is 1. The van der Waals surface area contributed by atoms with Gasteiger partial charge in [-0.25, -0.2) is 0 Å². The van der Waals surface area contributed by atoms with E-state index in [1.54, 1.807) is 6.20 Å². The zero-order valence-electron chi connectivity index (χ0n) is 12.7. The second kappa shape index (κ2) is 6.73. The van der Waals surface area contributed by atoms with Crippen molar-refractivity contribution in [3.8, 4) is 0 Å². The van der Waals surface area contributed by atoms with Crippen molar-refractivity contribution in [3.05, 3.63) is 24.0 Å². The topological polar surface area (TPSA) is 45.2 Å². The van der Waals surface area contributed by atoms with Crippen molar-refractivity contribution in [1.82, 2.24) is 9.88 Å². The van der Waals surface area contributed by atoms with Crippen LogP contribution in [-0.2, 0) is 11.3 Å². The number of pyridine rings is 1. The first kappa shape index (κ1) is 14.8. The zero-order chi connectivity index (χ0) is 14.5. The molecule has 0 spiro atoms. The van der Waals surface area contributed by atoms with Crippen molar-refractivity contribution in [2.24, 2.45) is 11.8 Å². The molecular formula is C16H25N3O. The fraction of sp³-hybridized carbons (Fsp3) is 0.625. The monoisotopic (exact) mass is 275 g/mol. The summed E-state index contributed by atoms with van der Waals surface area (Å²) in [4.78, 5) is 18.6. The van der Waals surface area contributed by atoms with Crippen LogP contribution in [-0.4, -0.2) is 29.4 Å². The highest BCUT2D eigenvalue weighted by molar-refractivity contribution is 5.76. The van der Waals surface area contributed by atoms with Crippen LogP contribution in [0.25, 0.3) is 0 Å². The van der Waals surface area contributed by atoms with Gasteiger partial charge in [0.2, 0.25) is 5.91 Å². The average molecular weight is 275 g/mol. The molecule has 1 aliphatic heterocycles. The molecule has 1 atom stereocenters. The minimum Gasteiger partial charge on any atom is -0.388 e. The van der Waals surface area contributed by atoms with Crippen molar-refractivity contribution in [2.75, 3.05) is 18.9 Å². The van der Waals surface area contributed by atoms with Gasteiger partial charge in [-0.2, -0.15) is 0 Å². The number of nitrogens with one attached hydrogen (secondary N) is 1. The Hall–Kier alpha value is -1.58. The Morgan fingerprint density at radius 1 is 1.45 bits per heavy atom. The van der Waals surface area contributed by atoms with Gasteiger partial charge in [0.25, 0.3) is 0 Å². The molecule has 1 saturated heterocycles. The molecule has 20 heavy (non-hydrogen) atoms. The number of hydrogen-bond donors (Lipinski definition) is 1. The van der Waals surface area contributed by atoms with Crippen LogP contribution in [0.5, 0.6) is 0 Å². The van der Waals surface area contributed by atoms with E-state index in [1.165, 1.54) is 0 Å². The van der Waals surface area contributed by atoms with E-state index in [9.17, 15) is 4.79 Å². The molecule has 1 amide bonds. The molecule has 4 heteroatoms. The lowest BCUT2D eigenvalue weighted by molar-refractivity contribution is -0.131. The van der Waals surface area contributed by atoms with E-state index in [4.69, 9.17) is 0 Å². The Morgan fingerprint density at radius 3 is 2.95 bits per heavy atom. The summed E-state index contributed by atoms with van der Waals surface area (Å²) < 4.78 is 0. The quantitative estimate of drug-likeness (QED) is 0.919. The first-order valence-corrected chi connectivity index (χ1v) is 7.50. The molecule has 1 aromatic heterocycles. The van der Waals surface area contributed by atoms with Gasteiger partial charge in [0.15, 0.2) is 0 Å². The van der Waals surface area contributed by atoms with E-state index in [0.717, 1.165) is 30.8 Å². The second-order valence-corrected chi connectivity index (χ2v) is 5.93. The van der Waals surface area contributed by atoms with Crippen LogP contribution in [0.1, 0.15) is 38.8 Å². The van der Waals surface area contributed by atoms with Crippen molar-refractivity contribution in [2.45, 2.75) is 39.7 Å². The van der Waals surface area contributed by atoms with Gasteiger partial charge < -0.3 is 10.2 Å². The molecule has 1 aliphatic rings. The summed E-state index contributed by atoms with van der Waals surface area (Å²) >= 11 is 0. The average Bonchev–Trinajstić information content (AvgIpc) is 2.62. The molecule has 4 nitrogen and oxygen atoms in total. The molecule has 1 fully saturated rings. The molecule has 0 radical (unpaired) electrons. The number of rotatable bonds is 4. The molecule has 2 rings (SSSR count). The van der Waals surface area contributed by atoms with Crippen LogP contribution in [0, 0.1) is 11.8 Å². The highest BCUT2D eigenvalue weighted by Crippen LogP contribution is 2.25. The van der Waals surface area contributed by atoms with Crippen molar-refractivity contribution >= 4 is 11.6 Å². The highest BCUT2D eigenvalue weighted by atomic mass is 16.2. The zero-order valence-corrected chi connectivity index (χ0v) is 12.7. The lowest BCUT2D eigenvalue weighted by Gasteiger charge is -2.21. The maximum Gasteiger partial charge on any atom is 0.222 e. The predicted molar refractivity (Wildman–Crippen MR) is 81.4 cm³/mol. The number of anilines is 1. The van der Waals surface area contributed by atoms with Crippen LogP contribution < -0.4 is 5.32 Å². The van der Waals surface area contributed by atoms with E-state index >= 15 is 0 Å². The molecule has 110 valence electrons. The Morgan fingerprint density at radius 2 is 2.25 bits per heavy atom. The summed E-state index contributed by atoms with van der Waals surface area (Å²) in [5.74, 6) is 1.60.